The van der Waals surface area contributed by atoms with Crippen molar-refractivity contribution in [3.63, 3.8) is 0 Å². The molecule has 2 aliphatic rings. The number of nitrogens with zero attached hydrogens (tertiary/aromatic N) is 2. The van der Waals surface area contributed by atoms with Gasteiger partial charge in [-0.3, -0.25) is 90.9 Å². The number of carbonyl (C=O) groups is 16. The van der Waals surface area contributed by atoms with Crippen LogP contribution in [-0.4, -0.2) is 285 Å². The third-order valence-electron chi connectivity index (χ3n) is 20.3. The van der Waals surface area contributed by atoms with Crippen LogP contribution in [0.3, 0.4) is 0 Å². The van der Waals surface area contributed by atoms with E-state index in [9.17, 15) is 116 Å². The molecule has 16 amide bonds. The largest absolute Gasteiger partial charge is 0.481 e. The number of urea groups is 1. The monoisotopic (exact) mass is 1890 g/mol. The van der Waals surface area contributed by atoms with E-state index in [1.807, 2.05) is 19.1 Å². The van der Waals surface area contributed by atoms with Crippen LogP contribution in [0.4, 0.5) is 16.2 Å². The van der Waals surface area contributed by atoms with Crippen molar-refractivity contribution in [1.29, 1.82) is 0 Å². The topological polar surface area (TPSA) is 690 Å². The number of carboxylic acids is 1. The highest BCUT2D eigenvalue weighted by atomic mass is 32.2. The van der Waals surface area contributed by atoms with Crippen molar-refractivity contribution in [2.75, 3.05) is 122 Å². The number of benzene rings is 2. The zero-order valence-corrected chi connectivity index (χ0v) is 75.2. The number of thioether (sulfide) groups is 1. The fraction of sp³-hybridized carbons (Fsp3) is 0.573. The maximum absolute atomic E-state index is 14.4. The van der Waals surface area contributed by atoms with Crippen molar-refractivity contribution >= 4 is 139 Å². The van der Waals surface area contributed by atoms with Crippen LogP contribution in [0.5, 0.6) is 0 Å². The molecule has 130 heavy (non-hydrogen) atoms. The first-order chi connectivity index (χ1) is 61.9. The number of carboxylic acid groups (broad SMARTS) is 1. The van der Waals surface area contributed by atoms with Gasteiger partial charge in [0.2, 0.25) is 82.7 Å². The number of hydrogen-bond acceptors (Lipinski definition) is 26. The Balaban J connectivity index is 0.884. The molecule has 0 radical (unpaired) electrons. The number of primary amides is 1. The minimum absolute atomic E-state index is 0.0231. The Bertz CT molecular complexity index is 4350. The SMILES string of the molecule is Cc1ccccc1NC(=O)Nc1ccc(CC(=O)N[C@@H](CCCCNC(=O)/C=C/c2cccnc2)C(=O)N[C@@H](CCCC(=O)O)C(=O)NC2(C(=O)NCCOCCOCCNC(=O)CCC(=O)NCCOCCOCCNC(=O)CCC(=O)N[C@@H](CCCCNC(=O)[C@H](N)CSC3CC(=O)N(CC(=O)NCCCC(O)(P(=O)(O)O)P(=O)(O)O)C3=O)C(N)=O)CCCCC2)cc1. The number of pyridine rings is 1. The van der Waals surface area contributed by atoms with Crippen LogP contribution in [0, 0.1) is 6.92 Å². The highest BCUT2D eigenvalue weighted by molar-refractivity contribution is 8.00. The molecule has 1 aliphatic carbocycles. The molecule has 2 heterocycles. The van der Waals surface area contributed by atoms with Crippen molar-refractivity contribution in [2.24, 2.45) is 11.5 Å². The molecular formula is C82H123N17O28P2S. The van der Waals surface area contributed by atoms with Gasteiger partial charge in [-0.25, -0.2) is 4.79 Å². The van der Waals surface area contributed by atoms with Gasteiger partial charge in [0.1, 0.15) is 30.2 Å². The van der Waals surface area contributed by atoms with Crippen LogP contribution in [-0.2, 0) is 106 Å². The average Bonchev–Trinajstić information content (AvgIpc) is 0.789. The van der Waals surface area contributed by atoms with Gasteiger partial charge >= 0.3 is 27.2 Å². The molecule has 45 nitrogen and oxygen atoms in total. The van der Waals surface area contributed by atoms with Crippen molar-refractivity contribution in [3.05, 3.63) is 95.8 Å². The molecule has 1 unspecified atom stereocenters. The second-order valence-electron chi connectivity index (χ2n) is 30.6. The molecule has 3 aromatic rings. The molecule has 1 saturated heterocycles. The second-order valence-corrected chi connectivity index (χ2v) is 35.8. The predicted molar refractivity (Wildman–Crippen MR) is 472 cm³/mol. The number of anilines is 2. The van der Waals surface area contributed by atoms with E-state index >= 15 is 0 Å². The second kappa shape index (κ2) is 58.8. The van der Waals surface area contributed by atoms with Gasteiger partial charge in [-0.1, -0.05) is 55.7 Å². The summed E-state index contributed by atoms with van der Waals surface area (Å²) >= 11 is 0.900. The summed E-state index contributed by atoms with van der Waals surface area (Å²) < 4.78 is 45.2. The number of carbonyl (C=O) groups excluding carboxylic acids is 15. The van der Waals surface area contributed by atoms with Crippen LogP contribution in [0.15, 0.2) is 79.1 Å². The minimum atomic E-state index is -5.71. The Labute approximate surface area is 755 Å². The summed E-state index contributed by atoms with van der Waals surface area (Å²) in [5.74, 6) is -9.70. The van der Waals surface area contributed by atoms with Crippen LogP contribution >= 0.6 is 27.0 Å². The molecule has 0 spiro atoms. The number of amides is 16. The molecule has 1 aromatic heterocycles. The number of aromatic nitrogens is 1. The summed E-state index contributed by atoms with van der Waals surface area (Å²) in [6.07, 6.45) is 7.03. The molecule has 720 valence electrons. The highest BCUT2D eigenvalue weighted by Gasteiger charge is 2.59. The summed E-state index contributed by atoms with van der Waals surface area (Å²) in [5.41, 5.74) is 13.3. The van der Waals surface area contributed by atoms with E-state index in [-0.39, 0.29) is 199 Å². The maximum atomic E-state index is 14.4. The summed E-state index contributed by atoms with van der Waals surface area (Å²) in [6.45, 7) is 2.52. The van der Waals surface area contributed by atoms with E-state index in [0.717, 1.165) is 29.3 Å². The maximum Gasteiger partial charge on any atom is 0.369 e. The zero-order valence-electron chi connectivity index (χ0n) is 72.6. The number of aliphatic carboxylic acids is 1. The van der Waals surface area contributed by atoms with Gasteiger partial charge in [-0.15, -0.1) is 11.8 Å². The lowest BCUT2D eigenvalue weighted by Crippen LogP contribution is -2.63. The van der Waals surface area contributed by atoms with E-state index in [0.29, 0.717) is 60.4 Å². The van der Waals surface area contributed by atoms with E-state index in [2.05, 4.69) is 74.1 Å². The number of aryl methyl sites for hydroxylation is 1. The summed E-state index contributed by atoms with van der Waals surface area (Å²) in [6, 6.07) is 12.1. The Morgan fingerprint density at radius 1 is 0.577 bits per heavy atom. The van der Waals surface area contributed by atoms with Crippen molar-refractivity contribution in [3.8, 4) is 0 Å². The minimum Gasteiger partial charge on any atom is -0.481 e. The summed E-state index contributed by atoms with van der Waals surface area (Å²) in [7, 11) is -11.4. The van der Waals surface area contributed by atoms with Crippen LogP contribution in [0.1, 0.15) is 152 Å². The number of aliphatic hydroxyl groups is 1. The van der Waals surface area contributed by atoms with E-state index in [4.69, 9.17) is 30.4 Å². The molecule has 1 saturated carbocycles. The Morgan fingerprint density at radius 3 is 1.67 bits per heavy atom. The first-order valence-corrected chi connectivity index (χ1v) is 47.0. The zero-order chi connectivity index (χ0) is 95.5. The number of imide groups is 1. The van der Waals surface area contributed by atoms with Crippen molar-refractivity contribution in [1.82, 2.24) is 68.4 Å². The van der Waals surface area contributed by atoms with Gasteiger partial charge in [-0.05, 0) is 125 Å². The summed E-state index contributed by atoms with van der Waals surface area (Å²) in [4.78, 5) is 248. The molecule has 0 bridgehead atoms. The lowest BCUT2D eigenvalue weighted by molar-refractivity contribution is -0.142. The first-order valence-electron chi connectivity index (χ1n) is 42.7. The Hall–Kier alpha value is -10.7. The number of hydrogen-bond donors (Lipinski definition) is 21. The van der Waals surface area contributed by atoms with Gasteiger partial charge in [0.05, 0.1) is 70.6 Å². The molecule has 1 aliphatic heterocycles. The third kappa shape index (κ3) is 42.4. The molecule has 5 atom stereocenters. The number of rotatable bonds is 64. The molecule has 2 fully saturated rings. The number of para-hydroxylation sites is 1. The number of unbranched alkanes of at least 4 members (excludes halogenated alkanes) is 2. The van der Waals surface area contributed by atoms with Crippen LogP contribution in [0.25, 0.3) is 6.08 Å². The van der Waals surface area contributed by atoms with Gasteiger partial charge in [0, 0.05) is 126 Å². The summed E-state index contributed by atoms with van der Waals surface area (Å²) in [5, 5.41) is 49.8. The highest BCUT2D eigenvalue weighted by Crippen LogP contribution is 2.69. The smallest absolute Gasteiger partial charge is 0.369 e. The number of nitrogens with one attached hydrogen (secondary N) is 13. The molecular weight excluding hydrogens is 1770 g/mol. The van der Waals surface area contributed by atoms with Crippen molar-refractivity contribution < 1.29 is 135 Å². The van der Waals surface area contributed by atoms with Gasteiger partial charge < -0.3 is 129 Å². The predicted octanol–water partition coefficient (Wildman–Crippen LogP) is -0.946. The molecule has 2 aromatic carbocycles. The number of ether oxygens (including phenoxy) is 4. The normalized spacial score (nSPS) is 14.7. The fourth-order valence-corrected chi connectivity index (χ4v) is 16.4. The Kier molecular flexibility index (Phi) is 49.7. The average molecular weight is 1890 g/mol. The lowest BCUT2D eigenvalue weighted by Gasteiger charge is -2.38. The van der Waals surface area contributed by atoms with Gasteiger partial charge in [-0.2, -0.15) is 0 Å². The van der Waals surface area contributed by atoms with Crippen molar-refractivity contribution in [2.45, 2.75) is 188 Å². The van der Waals surface area contributed by atoms with E-state index in [1.54, 1.807) is 67.0 Å². The number of nitrogens with two attached hydrogens (primary N) is 2. The third-order valence-corrected chi connectivity index (χ3v) is 25.5. The lowest BCUT2D eigenvalue weighted by atomic mass is 9.80. The number of likely N-dealkylation sites (tertiary alicyclic amines) is 1. The van der Waals surface area contributed by atoms with Crippen LogP contribution in [0.2, 0.25) is 0 Å². The van der Waals surface area contributed by atoms with Gasteiger partial charge in [0.25, 0.3) is 5.08 Å². The standard InChI is InChI=1S/C82H123N17O28P2S/c1-55-14-3-4-16-60(55)97-80(116)93-58-24-21-56(22-25-58)50-70(105)95-62(18-6-9-35-86-65(100)26-23-57-15-12-34-85-52-57)76(112)96-63(19-11-20-73(108)109)77(113)98-81(31-7-2-8-32-81)79(115)92-41-45-127-49-48-126-43-39-89-67(102)28-27-66(101)88-38-42-124-46-47-125-44-40-90-68(103)29-30-69(104)94-61(74(84)110)17-5-10-36-91-75(111)59(83)54-130-64-51-72(107)99(78(64)114)53-71(106)87-37-13-33-82(117,128(118,119)120)129(121,122)123/h3-4,12,14-16,21-26,34,52,59,61-64,117H,2,5-11,13,17-20,27-33,35-51,53-54,83H2,1H3,(H2,84,110)(H,86,100)(H,87,106)(H,88,101)(H,89,102)(H,90,103)(H,91,111)(H,92,115)(H,94,104)(H,95,105)(H,96,112)(H,98,113)(H,108,109)(H2,93,97,116)(H2,118,119,120)(H2,121,122,123)/b26-23+/t59-,61+,62+,63+,64?/m1/s1. The Morgan fingerprint density at radius 2 is 1.11 bits per heavy atom. The van der Waals surface area contributed by atoms with Gasteiger partial charge in [0.15, 0.2) is 0 Å². The molecule has 48 heteroatoms. The van der Waals surface area contributed by atoms with Crippen LogP contribution < -0.4 is 80.6 Å². The van der Waals surface area contributed by atoms with E-state index < -0.39 is 158 Å². The fourth-order valence-electron chi connectivity index (χ4n) is 13.1. The van der Waals surface area contributed by atoms with E-state index in [1.165, 1.54) is 6.08 Å². The first kappa shape index (κ1) is 110. The molecule has 5 rings (SSSR count). The quantitative estimate of drug-likeness (QED) is 0.0140. The molecule has 23 N–H and O–H groups in total.